The molecule has 0 aliphatic carbocycles. The molecule has 1 aliphatic rings. The van der Waals surface area contributed by atoms with E-state index in [2.05, 4.69) is 35.1 Å². The number of nitrogens with one attached hydrogen (secondary N) is 2. The highest BCUT2D eigenvalue weighted by molar-refractivity contribution is 5.55. The lowest BCUT2D eigenvalue weighted by Crippen LogP contribution is -2.34. The minimum atomic E-state index is 0.669. The standard InChI is InChI=1S/C20H25N7/c1-15-3-2-6-22-20(15)26-19-10-17(24-14-25-19)9-16-4-7-27(8-5-16)12-18-11-21-13-23-18/h2-3,6,10-11,13-14,16H,4-5,7-9,12H2,1H3,(H,21,23)(H,22,24,25,26). The third-order valence-electron chi connectivity index (χ3n) is 5.13. The fraction of sp³-hybridized carbons (Fsp3) is 0.400. The number of aromatic nitrogens is 5. The van der Waals surface area contributed by atoms with Gasteiger partial charge < -0.3 is 10.3 Å². The predicted molar refractivity (Wildman–Crippen MR) is 105 cm³/mol. The molecular formula is C20H25N7. The average Bonchev–Trinajstić information content (AvgIpc) is 3.19. The normalized spacial score (nSPS) is 15.7. The number of imidazole rings is 1. The summed E-state index contributed by atoms with van der Waals surface area (Å²) in [6.45, 7) is 5.23. The van der Waals surface area contributed by atoms with Crippen molar-refractivity contribution in [1.82, 2.24) is 29.8 Å². The van der Waals surface area contributed by atoms with Crippen molar-refractivity contribution in [2.24, 2.45) is 5.92 Å². The van der Waals surface area contributed by atoms with Gasteiger partial charge in [0.2, 0.25) is 0 Å². The smallest absolute Gasteiger partial charge is 0.135 e. The van der Waals surface area contributed by atoms with Crippen LogP contribution in [0, 0.1) is 12.8 Å². The van der Waals surface area contributed by atoms with Crippen LogP contribution in [-0.4, -0.2) is 42.9 Å². The Kier molecular flexibility index (Phi) is 5.39. The lowest BCUT2D eigenvalue weighted by atomic mass is 9.92. The first-order valence-electron chi connectivity index (χ1n) is 9.45. The molecule has 1 aliphatic heterocycles. The Morgan fingerprint density at radius 2 is 2.11 bits per heavy atom. The molecule has 1 saturated heterocycles. The van der Waals surface area contributed by atoms with Gasteiger partial charge in [-0.1, -0.05) is 6.07 Å². The molecule has 0 saturated carbocycles. The molecule has 27 heavy (non-hydrogen) atoms. The highest BCUT2D eigenvalue weighted by Gasteiger charge is 2.20. The van der Waals surface area contributed by atoms with Crippen LogP contribution in [0.1, 0.15) is 29.8 Å². The number of anilines is 2. The zero-order valence-electron chi connectivity index (χ0n) is 15.6. The van der Waals surface area contributed by atoms with Crippen LogP contribution in [0.3, 0.4) is 0 Å². The van der Waals surface area contributed by atoms with Gasteiger partial charge in [-0.05, 0) is 56.8 Å². The molecule has 2 N–H and O–H groups in total. The molecular weight excluding hydrogens is 338 g/mol. The van der Waals surface area contributed by atoms with E-state index in [1.165, 1.54) is 18.5 Å². The lowest BCUT2D eigenvalue weighted by molar-refractivity contribution is 0.175. The monoisotopic (exact) mass is 363 g/mol. The van der Waals surface area contributed by atoms with Gasteiger partial charge in [0.05, 0.1) is 6.33 Å². The molecule has 0 aromatic carbocycles. The summed E-state index contributed by atoms with van der Waals surface area (Å²) in [4.78, 5) is 23.0. The van der Waals surface area contributed by atoms with Crippen LogP contribution in [0.5, 0.6) is 0 Å². The van der Waals surface area contributed by atoms with Crippen LogP contribution in [0.2, 0.25) is 0 Å². The molecule has 0 atom stereocenters. The van der Waals surface area contributed by atoms with Gasteiger partial charge in [-0.15, -0.1) is 0 Å². The van der Waals surface area contributed by atoms with Crippen LogP contribution >= 0.6 is 0 Å². The lowest BCUT2D eigenvalue weighted by Gasteiger charge is -2.31. The van der Waals surface area contributed by atoms with E-state index in [1.807, 2.05) is 31.3 Å². The zero-order chi connectivity index (χ0) is 18.5. The summed E-state index contributed by atoms with van der Waals surface area (Å²) in [5, 5.41) is 3.30. The van der Waals surface area contributed by atoms with Gasteiger partial charge in [-0.25, -0.2) is 19.9 Å². The highest BCUT2D eigenvalue weighted by atomic mass is 15.1. The Hall–Kier alpha value is -2.80. The Morgan fingerprint density at radius 1 is 1.22 bits per heavy atom. The number of hydrogen-bond donors (Lipinski definition) is 2. The van der Waals surface area contributed by atoms with Gasteiger partial charge >= 0.3 is 0 Å². The molecule has 7 nitrogen and oxygen atoms in total. The van der Waals surface area contributed by atoms with Crippen molar-refractivity contribution in [2.75, 3.05) is 18.4 Å². The maximum atomic E-state index is 4.48. The van der Waals surface area contributed by atoms with Crippen molar-refractivity contribution in [3.05, 3.63) is 60.2 Å². The Morgan fingerprint density at radius 3 is 2.89 bits per heavy atom. The minimum absolute atomic E-state index is 0.669. The molecule has 0 spiro atoms. The van der Waals surface area contributed by atoms with Gasteiger partial charge in [0.25, 0.3) is 0 Å². The molecule has 140 valence electrons. The second-order valence-corrected chi connectivity index (χ2v) is 7.19. The number of H-pyrrole nitrogens is 1. The van der Waals surface area contributed by atoms with Gasteiger partial charge in [-0.3, -0.25) is 4.90 Å². The summed E-state index contributed by atoms with van der Waals surface area (Å²) in [6, 6.07) is 6.02. The zero-order valence-corrected chi connectivity index (χ0v) is 15.6. The second kappa shape index (κ2) is 8.26. The summed E-state index contributed by atoms with van der Waals surface area (Å²) >= 11 is 0. The Balaban J connectivity index is 1.32. The van der Waals surface area contributed by atoms with Crippen molar-refractivity contribution in [3.8, 4) is 0 Å². The van der Waals surface area contributed by atoms with E-state index in [0.29, 0.717) is 5.92 Å². The van der Waals surface area contributed by atoms with Crippen molar-refractivity contribution in [1.29, 1.82) is 0 Å². The van der Waals surface area contributed by atoms with E-state index in [0.717, 1.165) is 48.9 Å². The van der Waals surface area contributed by atoms with Crippen molar-refractivity contribution in [3.63, 3.8) is 0 Å². The van der Waals surface area contributed by atoms with Crippen LogP contribution in [0.15, 0.2) is 43.2 Å². The van der Waals surface area contributed by atoms with Crippen LogP contribution in [-0.2, 0) is 13.0 Å². The summed E-state index contributed by atoms with van der Waals surface area (Å²) in [7, 11) is 0. The second-order valence-electron chi connectivity index (χ2n) is 7.19. The summed E-state index contributed by atoms with van der Waals surface area (Å²) in [6.07, 6.45) is 10.5. The van der Waals surface area contributed by atoms with Gasteiger partial charge in [0, 0.05) is 36.4 Å². The molecule has 1 fully saturated rings. The summed E-state index contributed by atoms with van der Waals surface area (Å²) in [5.41, 5.74) is 3.38. The van der Waals surface area contributed by atoms with E-state index in [-0.39, 0.29) is 0 Å². The number of hydrogen-bond acceptors (Lipinski definition) is 6. The minimum Gasteiger partial charge on any atom is -0.347 e. The quantitative estimate of drug-likeness (QED) is 0.700. The third kappa shape index (κ3) is 4.68. The molecule has 7 heteroatoms. The van der Waals surface area contributed by atoms with Crippen molar-refractivity contribution >= 4 is 11.6 Å². The van der Waals surface area contributed by atoms with Gasteiger partial charge in [0.1, 0.15) is 18.0 Å². The van der Waals surface area contributed by atoms with Crippen molar-refractivity contribution in [2.45, 2.75) is 32.7 Å². The van der Waals surface area contributed by atoms with Crippen LogP contribution < -0.4 is 5.32 Å². The molecule has 4 rings (SSSR count). The molecule has 0 bridgehead atoms. The largest absolute Gasteiger partial charge is 0.347 e. The Bertz CT molecular complexity index is 854. The number of likely N-dealkylation sites (tertiary alicyclic amines) is 1. The van der Waals surface area contributed by atoms with E-state index in [4.69, 9.17) is 0 Å². The fourth-order valence-corrected chi connectivity index (χ4v) is 3.57. The number of rotatable bonds is 6. The molecule has 0 unspecified atom stereocenters. The SMILES string of the molecule is Cc1cccnc1Nc1cc(CC2CCN(Cc3cnc[nH]3)CC2)ncn1. The molecule has 4 heterocycles. The number of pyridine rings is 1. The number of piperidine rings is 1. The maximum absolute atomic E-state index is 4.48. The number of aryl methyl sites for hydroxylation is 1. The predicted octanol–water partition coefficient (Wildman–Crippen LogP) is 3.10. The highest BCUT2D eigenvalue weighted by Crippen LogP contribution is 2.23. The van der Waals surface area contributed by atoms with E-state index in [1.54, 1.807) is 18.9 Å². The third-order valence-corrected chi connectivity index (χ3v) is 5.13. The molecule has 3 aromatic rings. The first-order chi connectivity index (χ1) is 13.3. The average molecular weight is 363 g/mol. The van der Waals surface area contributed by atoms with Crippen molar-refractivity contribution < 1.29 is 0 Å². The van der Waals surface area contributed by atoms with Crippen LogP contribution in [0.25, 0.3) is 0 Å². The van der Waals surface area contributed by atoms with Gasteiger partial charge in [-0.2, -0.15) is 0 Å². The molecule has 0 radical (unpaired) electrons. The van der Waals surface area contributed by atoms with Crippen LogP contribution in [0.4, 0.5) is 11.6 Å². The first-order valence-corrected chi connectivity index (χ1v) is 9.45. The maximum Gasteiger partial charge on any atom is 0.135 e. The van der Waals surface area contributed by atoms with Gasteiger partial charge in [0.15, 0.2) is 0 Å². The van der Waals surface area contributed by atoms with E-state index < -0.39 is 0 Å². The summed E-state index contributed by atoms with van der Waals surface area (Å²) < 4.78 is 0. The molecule has 0 amide bonds. The number of nitrogens with zero attached hydrogens (tertiary/aromatic N) is 5. The number of aromatic amines is 1. The van der Waals surface area contributed by atoms with E-state index >= 15 is 0 Å². The Labute approximate surface area is 159 Å². The topological polar surface area (TPSA) is 82.6 Å². The van der Waals surface area contributed by atoms with E-state index in [9.17, 15) is 0 Å². The first kappa shape index (κ1) is 17.6. The fourth-order valence-electron chi connectivity index (χ4n) is 3.57. The molecule has 3 aromatic heterocycles. The summed E-state index contributed by atoms with van der Waals surface area (Å²) in [5.74, 6) is 2.31.